The van der Waals surface area contributed by atoms with Gasteiger partial charge in [-0.15, -0.1) is 0 Å². The summed E-state index contributed by atoms with van der Waals surface area (Å²) in [4.78, 5) is 0. The van der Waals surface area contributed by atoms with Crippen LogP contribution < -0.4 is 11.1 Å². The Balaban J connectivity index is 1.19. The van der Waals surface area contributed by atoms with E-state index < -0.39 is 0 Å². The lowest BCUT2D eigenvalue weighted by atomic mass is 9.89. The summed E-state index contributed by atoms with van der Waals surface area (Å²) in [6.45, 7) is 10.6. The topological polar surface area (TPSA) is 63.2 Å². The van der Waals surface area contributed by atoms with Gasteiger partial charge in [-0.05, 0) is 108 Å². The lowest BCUT2D eigenvalue weighted by molar-refractivity contribution is 0.484. The van der Waals surface area contributed by atoms with Crippen molar-refractivity contribution in [3.05, 3.63) is 186 Å². The van der Waals surface area contributed by atoms with Crippen molar-refractivity contribution in [3.8, 4) is 22.6 Å². The highest BCUT2D eigenvalue weighted by atomic mass is 16.3. The van der Waals surface area contributed by atoms with Crippen molar-refractivity contribution in [1.29, 1.82) is 0 Å². The maximum atomic E-state index is 11.1. The third kappa shape index (κ3) is 6.68. The van der Waals surface area contributed by atoms with Gasteiger partial charge in [0.15, 0.2) is 0 Å². The molecule has 1 aromatic heterocycles. The van der Waals surface area contributed by atoms with E-state index in [0.717, 1.165) is 63.1 Å². The SMILES string of the molecule is C=C(/C=C\C=C/Nc1ccc(-c2ccccc2)cc1)C(=C)/C=C(\C=C/C)C1=Cc2c(n(-c3ccccc3)c3ccc(N)c(O)c23)CC1. The van der Waals surface area contributed by atoms with Crippen molar-refractivity contribution in [2.45, 2.75) is 19.8 Å². The predicted molar refractivity (Wildman–Crippen MR) is 201 cm³/mol. The number of anilines is 2. The Bertz CT molecular complexity index is 2090. The summed E-state index contributed by atoms with van der Waals surface area (Å²) >= 11 is 0. The van der Waals surface area contributed by atoms with Crippen LogP contribution in [0.3, 0.4) is 0 Å². The van der Waals surface area contributed by atoms with Crippen LogP contribution in [0, 0.1) is 0 Å². The normalized spacial score (nSPS) is 13.4. The molecule has 0 fully saturated rings. The van der Waals surface area contributed by atoms with E-state index in [1.807, 2.05) is 79.9 Å². The molecule has 47 heavy (non-hydrogen) atoms. The van der Waals surface area contributed by atoms with Gasteiger partial charge in [-0.25, -0.2) is 0 Å². The summed E-state index contributed by atoms with van der Waals surface area (Å²) in [5, 5.41) is 15.2. The molecular formula is C43H39N3O. The predicted octanol–water partition coefficient (Wildman–Crippen LogP) is 10.7. The maximum Gasteiger partial charge on any atom is 0.148 e. The van der Waals surface area contributed by atoms with Crippen LogP contribution >= 0.6 is 0 Å². The molecule has 1 aliphatic rings. The van der Waals surface area contributed by atoms with Gasteiger partial charge >= 0.3 is 0 Å². The van der Waals surface area contributed by atoms with Gasteiger partial charge < -0.3 is 20.7 Å². The highest BCUT2D eigenvalue weighted by Gasteiger charge is 2.24. The number of aromatic nitrogens is 1. The zero-order valence-corrected chi connectivity index (χ0v) is 26.7. The van der Waals surface area contributed by atoms with Crippen LogP contribution in [-0.4, -0.2) is 9.67 Å². The molecule has 0 amide bonds. The molecule has 6 rings (SSSR count). The number of nitrogen functional groups attached to an aromatic ring is 1. The highest BCUT2D eigenvalue weighted by molar-refractivity contribution is 6.01. The molecule has 232 valence electrons. The van der Waals surface area contributed by atoms with E-state index in [1.54, 1.807) is 6.07 Å². The molecule has 4 N–H and O–H groups in total. The van der Waals surface area contributed by atoms with Crippen molar-refractivity contribution in [2.24, 2.45) is 0 Å². The number of para-hydroxylation sites is 1. The lowest BCUT2D eigenvalue weighted by Crippen LogP contribution is -2.06. The van der Waals surface area contributed by atoms with E-state index in [0.29, 0.717) is 5.69 Å². The van der Waals surface area contributed by atoms with Crippen LogP contribution in [0.1, 0.15) is 24.6 Å². The Morgan fingerprint density at radius 2 is 1.51 bits per heavy atom. The molecule has 4 heteroatoms. The highest BCUT2D eigenvalue weighted by Crippen LogP contribution is 2.43. The van der Waals surface area contributed by atoms with Gasteiger partial charge in [0, 0.05) is 28.8 Å². The zero-order chi connectivity index (χ0) is 32.8. The Hall–Kier alpha value is -6.00. The van der Waals surface area contributed by atoms with Crippen LogP contribution in [0.15, 0.2) is 175 Å². The maximum absolute atomic E-state index is 11.1. The van der Waals surface area contributed by atoms with E-state index in [9.17, 15) is 5.11 Å². The number of phenolic OH excluding ortho intramolecular Hbond substituents is 1. The molecule has 1 heterocycles. The molecule has 0 aliphatic heterocycles. The molecule has 5 aromatic rings. The average Bonchev–Trinajstić information content (AvgIpc) is 3.44. The zero-order valence-electron chi connectivity index (χ0n) is 26.7. The molecule has 0 radical (unpaired) electrons. The number of allylic oxidation sites excluding steroid dienone is 10. The number of phenols is 1. The summed E-state index contributed by atoms with van der Waals surface area (Å²) in [5.41, 5.74) is 18.0. The molecule has 4 nitrogen and oxygen atoms in total. The Morgan fingerprint density at radius 1 is 0.809 bits per heavy atom. The van der Waals surface area contributed by atoms with Crippen LogP contribution in [0.25, 0.3) is 33.8 Å². The van der Waals surface area contributed by atoms with Crippen molar-refractivity contribution in [3.63, 3.8) is 0 Å². The standard InChI is InChI=1S/C43H39N3O/c1-4-13-34(28-31(3)30(2)14-11-12-27-45-36-22-19-33(20-23-36)32-15-7-5-8-16-32)35-21-25-40-38(29-35)42-41(26-24-39(44)43(42)47)46(40)37-17-9-6-10-18-37/h4-20,22-24,26-29,45,47H,2-3,21,25,44H2,1H3/b13-4-,14-11-,27-12-,34-28+. The molecule has 0 bridgehead atoms. The summed E-state index contributed by atoms with van der Waals surface area (Å²) in [6, 6.07) is 32.8. The minimum atomic E-state index is 0.122. The minimum absolute atomic E-state index is 0.122. The molecule has 0 spiro atoms. The van der Waals surface area contributed by atoms with E-state index in [4.69, 9.17) is 5.73 Å². The first kappa shape index (κ1) is 31.0. The van der Waals surface area contributed by atoms with Gasteiger partial charge in [0.1, 0.15) is 5.75 Å². The van der Waals surface area contributed by atoms with Crippen molar-refractivity contribution < 1.29 is 5.11 Å². The van der Waals surface area contributed by atoms with Crippen LogP contribution in [0.4, 0.5) is 11.4 Å². The van der Waals surface area contributed by atoms with Crippen LogP contribution in [-0.2, 0) is 6.42 Å². The van der Waals surface area contributed by atoms with Gasteiger partial charge in [0.2, 0.25) is 0 Å². The Kier molecular flexibility index (Phi) is 9.21. The third-order valence-electron chi connectivity index (χ3n) is 8.45. The number of fused-ring (bicyclic) bond motifs is 3. The summed E-state index contributed by atoms with van der Waals surface area (Å²) in [5.74, 6) is 0.122. The fourth-order valence-electron chi connectivity index (χ4n) is 6.04. The van der Waals surface area contributed by atoms with Crippen molar-refractivity contribution in [2.75, 3.05) is 11.1 Å². The van der Waals surface area contributed by atoms with E-state index in [2.05, 4.69) is 89.8 Å². The monoisotopic (exact) mass is 613 g/mol. The molecule has 4 aromatic carbocycles. The van der Waals surface area contributed by atoms with Gasteiger partial charge in [0.05, 0.1) is 16.6 Å². The third-order valence-corrected chi connectivity index (χ3v) is 8.45. The minimum Gasteiger partial charge on any atom is -0.505 e. The van der Waals surface area contributed by atoms with E-state index >= 15 is 0 Å². The summed E-state index contributed by atoms with van der Waals surface area (Å²) < 4.78 is 2.24. The quantitative estimate of drug-likeness (QED) is 0.0834. The number of benzene rings is 4. The molecule has 0 saturated carbocycles. The van der Waals surface area contributed by atoms with Gasteiger partial charge in [-0.3, -0.25) is 0 Å². The first-order chi connectivity index (χ1) is 22.9. The van der Waals surface area contributed by atoms with Crippen molar-refractivity contribution in [1.82, 2.24) is 4.57 Å². The van der Waals surface area contributed by atoms with E-state index in [1.165, 1.54) is 16.7 Å². The molecule has 0 saturated heterocycles. The number of nitrogens with one attached hydrogen (secondary N) is 1. The first-order valence-corrected chi connectivity index (χ1v) is 15.8. The lowest BCUT2D eigenvalue weighted by Gasteiger charge is -2.18. The summed E-state index contributed by atoms with van der Waals surface area (Å²) in [6.07, 6.45) is 17.9. The number of aromatic hydroxyl groups is 1. The van der Waals surface area contributed by atoms with Crippen molar-refractivity contribution >= 4 is 28.4 Å². The molecule has 1 aliphatic carbocycles. The van der Waals surface area contributed by atoms with Gasteiger partial charge in [-0.1, -0.05) is 98.1 Å². The van der Waals surface area contributed by atoms with Crippen LogP contribution in [0.2, 0.25) is 0 Å². The Morgan fingerprint density at radius 3 is 2.23 bits per heavy atom. The average molecular weight is 614 g/mol. The first-order valence-electron chi connectivity index (χ1n) is 15.8. The fourth-order valence-corrected chi connectivity index (χ4v) is 6.04. The number of hydrogen-bond acceptors (Lipinski definition) is 3. The Labute approximate surface area is 277 Å². The number of rotatable bonds is 10. The van der Waals surface area contributed by atoms with Crippen LogP contribution in [0.5, 0.6) is 5.75 Å². The van der Waals surface area contributed by atoms with Gasteiger partial charge in [-0.2, -0.15) is 0 Å². The number of hydrogen-bond donors (Lipinski definition) is 3. The largest absolute Gasteiger partial charge is 0.505 e. The number of nitrogens with two attached hydrogens (primary N) is 1. The van der Waals surface area contributed by atoms with E-state index in [-0.39, 0.29) is 5.75 Å². The van der Waals surface area contributed by atoms with Gasteiger partial charge in [0.25, 0.3) is 0 Å². The molecule has 0 atom stereocenters. The number of nitrogens with zero attached hydrogens (tertiary/aromatic N) is 1. The second kappa shape index (κ2) is 14.0. The second-order valence-electron chi connectivity index (χ2n) is 11.6. The summed E-state index contributed by atoms with van der Waals surface area (Å²) in [7, 11) is 0. The second-order valence-corrected chi connectivity index (χ2v) is 11.6. The smallest absolute Gasteiger partial charge is 0.148 e. The molecule has 0 unspecified atom stereocenters. The fraction of sp³-hybridized carbons (Fsp3) is 0.0698. The molecular weight excluding hydrogens is 574 g/mol.